The number of halogens is 5. The topological polar surface area (TPSA) is 130 Å². The van der Waals surface area contributed by atoms with E-state index in [-0.39, 0.29) is 76.2 Å². The zero-order valence-electron chi connectivity index (χ0n) is 25.8. The fourth-order valence-electron chi connectivity index (χ4n) is 6.35. The lowest BCUT2D eigenvalue weighted by Gasteiger charge is -2.32. The molecule has 0 bridgehead atoms. The van der Waals surface area contributed by atoms with Gasteiger partial charge in [0.05, 0.1) is 15.7 Å². The molecule has 2 N–H and O–H groups in total. The number of fused-ring (bicyclic) bond motifs is 1. The molecule has 11 nitrogen and oxygen atoms in total. The van der Waals surface area contributed by atoms with Crippen molar-refractivity contribution in [1.29, 1.82) is 0 Å². The molecule has 16 heteroatoms. The summed E-state index contributed by atoms with van der Waals surface area (Å²) in [6.07, 6.45) is 4.21. The van der Waals surface area contributed by atoms with Gasteiger partial charge >= 0.3 is 6.61 Å². The molecular formula is C33H30Cl2F3N5O6. The number of carbonyl (C=O) groups is 4. The van der Waals surface area contributed by atoms with Gasteiger partial charge in [0, 0.05) is 43.0 Å². The molecule has 0 aliphatic carbocycles. The number of nitrogens with zero attached hydrogens (tertiary/aromatic N) is 3. The molecule has 0 radical (unpaired) electrons. The number of imide groups is 1. The fraction of sp³-hybridized carbons (Fsp3) is 0.364. The summed E-state index contributed by atoms with van der Waals surface area (Å²) >= 11 is 12.2. The second kappa shape index (κ2) is 14.6. The zero-order chi connectivity index (χ0) is 34.8. The highest BCUT2D eigenvalue weighted by atomic mass is 35.5. The number of pyridine rings is 1. The number of hydrogen-bond donors (Lipinski definition) is 2. The Kier molecular flexibility index (Phi) is 10.3. The molecule has 4 heterocycles. The Morgan fingerprint density at radius 3 is 2.47 bits per heavy atom. The van der Waals surface area contributed by atoms with E-state index in [9.17, 15) is 28.0 Å². The van der Waals surface area contributed by atoms with E-state index in [1.54, 1.807) is 6.07 Å². The molecule has 2 fully saturated rings. The number of nitrogens with one attached hydrogen (secondary N) is 2. The van der Waals surface area contributed by atoms with E-state index in [1.807, 2.05) is 0 Å². The maximum absolute atomic E-state index is 15.3. The van der Waals surface area contributed by atoms with E-state index in [2.05, 4.69) is 25.3 Å². The molecular weight excluding hydrogens is 690 g/mol. The third-order valence-corrected chi connectivity index (χ3v) is 9.42. The quantitative estimate of drug-likeness (QED) is 0.267. The fourth-order valence-corrected chi connectivity index (χ4v) is 6.80. The summed E-state index contributed by atoms with van der Waals surface area (Å²) in [6.45, 7) is -1.25. The lowest BCUT2D eigenvalue weighted by Crippen LogP contribution is -2.52. The van der Waals surface area contributed by atoms with Crippen LogP contribution >= 0.6 is 23.2 Å². The lowest BCUT2D eigenvalue weighted by molar-refractivity contribution is -0.136. The number of aromatic nitrogens is 1. The number of piperidine rings is 2. The van der Waals surface area contributed by atoms with Gasteiger partial charge in [0.1, 0.15) is 18.5 Å². The molecule has 3 aliphatic heterocycles. The number of alkyl halides is 2. The van der Waals surface area contributed by atoms with Crippen LogP contribution in [0.3, 0.4) is 0 Å². The van der Waals surface area contributed by atoms with Crippen LogP contribution in [0.2, 0.25) is 10.0 Å². The molecule has 1 aromatic heterocycles. The summed E-state index contributed by atoms with van der Waals surface area (Å²) in [5, 5.41) is 5.07. The lowest BCUT2D eigenvalue weighted by atomic mass is 9.87. The average molecular weight is 721 g/mol. The predicted octanol–water partition coefficient (Wildman–Crippen LogP) is 5.40. The maximum Gasteiger partial charge on any atom is 0.387 e. The van der Waals surface area contributed by atoms with Gasteiger partial charge in [0.25, 0.3) is 11.8 Å². The molecule has 2 saturated heterocycles. The Labute approximate surface area is 288 Å². The summed E-state index contributed by atoms with van der Waals surface area (Å²) in [4.78, 5) is 57.2. The van der Waals surface area contributed by atoms with Crippen LogP contribution in [-0.2, 0) is 16.1 Å². The predicted molar refractivity (Wildman–Crippen MR) is 172 cm³/mol. The van der Waals surface area contributed by atoms with Gasteiger partial charge in [-0.2, -0.15) is 8.78 Å². The highest BCUT2D eigenvalue weighted by molar-refractivity contribution is 6.39. The van der Waals surface area contributed by atoms with Crippen LogP contribution in [0.5, 0.6) is 11.5 Å². The maximum atomic E-state index is 15.3. The molecule has 2 aromatic carbocycles. The number of benzene rings is 2. The molecule has 1 unspecified atom stereocenters. The minimum absolute atomic E-state index is 0.0594. The number of ether oxygens (including phenoxy) is 2. The monoisotopic (exact) mass is 719 g/mol. The van der Waals surface area contributed by atoms with E-state index >= 15 is 4.39 Å². The summed E-state index contributed by atoms with van der Waals surface area (Å²) in [7, 11) is 0. The van der Waals surface area contributed by atoms with Crippen molar-refractivity contribution in [3.05, 3.63) is 80.8 Å². The van der Waals surface area contributed by atoms with Gasteiger partial charge < -0.3 is 19.7 Å². The van der Waals surface area contributed by atoms with Crippen LogP contribution in [0.25, 0.3) is 0 Å². The van der Waals surface area contributed by atoms with Crippen LogP contribution in [0.4, 0.5) is 18.9 Å². The summed E-state index contributed by atoms with van der Waals surface area (Å²) in [5.41, 5.74) is 1.60. The number of rotatable bonds is 10. The smallest absolute Gasteiger partial charge is 0.387 e. The van der Waals surface area contributed by atoms with Crippen molar-refractivity contribution in [3.8, 4) is 11.5 Å². The molecule has 3 aromatic rings. The van der Waals surface area contributed by atoms with Crippen LogP contribution in [0.1, 0.15) is 63.4 Å². The first-order chi connectivity index (χ1) is 23.5. The molecule has 258 valence electrons. The van der Waals surface area contributed by atoms with Crippen molar-refractivity contribution in [2.75, 3.05) is 31.6 Å². The van der Waals surface area contributed by atoms with Crippen LogP contribution < -0.4 is 20.1 Å². The van der Waals surface area contributed by atoms with E-state index in [1.165, 1.54) is 41.6 Å². The van der Waals surface area contributed by atoms with Gasteiger partial charge in [-0.25, -0.2) is 4.39 Å². The Hall–Kier alpha value is -4.40. The highest BCUT2D eigenvalue weighted by Gasteiger charge is 2.40. The van der Waals surface area contributed by atoms with Crippen molar-refractivity contribution < 1.29 is 41.8 Å². The van der Waals surface area contributed by atoms with Crippen molar-refractivity contribution in [3.63, 3.8) is 0 Å². The molecule has 0 spiro atoms. The van der Waals surface area contributed by atoms with Gasteiger partial charge in [-0.3, -0.25) is 34.4 Å². The Balaban J connectivity index is 1.05. The Bertz CT molecular complexity index is 1790. The van der Waals surface area contributed by atoms with Crippen LogP contribution in [-0.4, -0.2) is 77.3 Å². The molecule has 0 saturated carbocycles. The Morgan fingerprint density at radius 1 is 1.04 bits per heavy atom. The minimum Gasteiger partial charge on any atom is -0.488 e. The standard InChI is InChI=1S/C33H30Cl2F3N5O6/c34-22-14-39-15-23(35)29(22)41-30(45)18-1-3-26(49-33(37)38)27(12-18)48-10-9-42-7-5-17(6-8-42)20-11-19-16-43(32(47)21(19)13-24(20)36)25-2-4-28(44)40-31(25)46/h1,3,11-15,17,25,33H,2,4-10,16H2,(H,39,41,45)(H,40,44,46). The summed E-state index contributed by atoms with van der Waals surface area (Å²) in [5.74, 6) is -2.84. The Morgan fingerprint density at radius 2 is 1.78 bits per heavy atom. The van der Waals surface area contributed by atoms with Crippen LogP contribution in [0.15, 0.2) is 42.7 Å². The summed E-state index contributed by atoms with van der Waals surface area (Å²) in [6, 6.07) is 5.96. The molecule has 3 aliphatic rings. The van der Waals surface area contributed by atoms with E-state index in [0.29, 0.717) is 43.6 Å². The van der Waals surface area contributed by atoms with Gasteiger partial charge in [0.15, 0.2) is 11.5 Å². The van der Waals surface area contributed by atoms with Crippen molar-refractivity contribution in [2.45, 2.75) is 50.8 Å². The largest absolute Gasteiger partial charge is 0.488 e. The van der Waals surface area contributed by atoms with E-state index in [4.69, 9.17) is 27.9 Å². The SMILES string of the molecule is O=C1CCC(N2Cc3cc(C4CCN(CCOc5cc(C(=O)Nc6c(Cl)cncc6Cl)ccc5OC(F)F)CC4)c(F)cc3C2=O)C(=O)N1. The van der Waals surface area contributed by atoms with Crippen molar-refractivity contribution >= 4 is 52.5 Å². The van der Waals surface area contributed by atoms with E-state index < -0.39 is 36.2 Å². The van der Waals surface area contributed by atoms with Crippen molar-refractivity contribution in [2.24, 2.45) is 0 Å². The van der Waals surface area contributed by atoms with Gasteiger partial charge in [-0.15, -0.1) is 0 Å². The number of likely N-dealkylation sites (tertiary alicyclic amines) is 1. The third-order valence-electron chi connectivity index (χ3n) is 8.85. The normalized spacial score (nSPS) is 18.4. The highest BCUT2D eigenvalue weighted by Crippen LogP contribution is 2.36. The number of anilines is 1. The second-order valence-corrected chi connectivity index (χ2v) is 12.7. The molecule has 6 rings (SSSR count). The molecule has 49 heavy (non-hydrogen) atoms. The number of carbonyl (C=O) groups excluding carboxylic acids is 4. The van der Waals surface area contributed by atoms with Crippen LogP contribution in [0, 0.1) is 5.82 Å². The van der Waals surface area contributed by atoms with E-state index in [0.717, 1.165) is 0 Å². The first kappa shape index (κ1) is 34.5. The average Bonchev–Trinajstić information content (AvgIpc) is 3.37. The van der Waals surface area contributed by atoms with Gasteiger partial charge in [0.2, 0.25) is 11.8 Å². The molecule has 4 amide bonds. The molecule has 1 atom stereocenters. The number of hydrogen-bond acceptors (Lipinski definition) is 8. The van der Waals surface area contributed by atoms with Gasteiger partial charge in [-0.1, -0.05) is 29.3 Å². The first-order valence-corrected chi connectivity index (χ1v) is 16.3. The second-order valence-electron chi connectivity index (χ2n) is 11.9. The summed E-state index contributed by atoms with van der Waals surface area (Å²) < 4.78 is 51.9. The van der Waals surface area contributed by atoms with Crippen molar-refractivity contribution in [1.82, 2.24) is 20.1 Å². The first-order valence-electron chi connectivity index (χ1n) is 15.5. The zero-order valence-corrected chi connectivity index (χ0v) is 27.3. The minimum atomic E-state index is -3.12. The third kappa shape index (κ3) is 7.61. The number of amides is 4. The van der Waals surface area contributed by atoms with Gasteiger partial charge in [-0.05, 0) is 73.7 Å².